The van der Waals surface area contributed by atoms with Gasteiger partial charge in [0.05, 0.1) is 18.4 Å². The fourth-order valence-corrected chi connectivity index (χ4v) is 2.63. The Hall–Kier alpha value is -1.36. The highest BCUT2D eigenvalue weighted by Crippen LogP contribution is 2.40. The highest BCUT2D eigenvalue weighted by Gasteiger charge is 2.49. The molecule has 1 aromatic rings. The maximum absolute atomic E-state index is 12.0. The van der Waals surface area contributed by atoms with E-state index in [1.54, 1.807) is 16.2 Å². The van der Waals surface area contributed by atoms with E-state index in [-0.39, 0.29) is 11.8 Å². The number of carbonyl (C=O) groups is 2. The summed E-state index contributed by atoms with van der Waals surface area (Å²) >= 11 is 1.61. The first-order valence-corrected chi connectivity index (χ1v) is 6.55. The summed E-state index contributed by atoms with van der Waals surface area (Å²) < 4.78 is 0. The molecule has 2 rings (SSSR count). The molecule has 0 spiro atoms. The Bertz CT molecular complexity index is 415. The predicted octanol–water partition coefficient (Wildman–Crippen LogP) is 1.82. The van der Waals surface area contributed by atoms with Crippen LogP contribution in [0, 0.1) is 11.8 Å². The monoisotopic (exact) mass is 253 g/mol. The van der Waals surface area contributed by atoms with Gasteiger partial charge in [0.2, 0.25) is 5.91 Å². The molecule has 0 bridgehead atoms. The fraction of sp³-hybridized carbons (Fsp3) is 0.500. The molecule has 1 fully saturated rings. The molecule has 2 unspecified atom stereocenters. The Morgan fingerprint density at radius 3 is 2.76 bits per heavy atom. The van der Waals surface area contributed by atoms with Crippen molar-refractivity contribution in [1.29, 1.82) is 0 Å². The van der Waals surface area contributed by atoms with Crippen molar-refractivity contribution in [3.05, 3.63) is 22.4 Å². The van der Waals surface area contributed by atoms with Gasteiger partial charge in [-0.2, -0.15) is 0 Å². The molecule has 1 aliphatic rings. The lowest BCUT2D eigenvalue weighted by Crippen LogP contribution is -2.32. The van der Waals surface area contributed by atoms with Crippen molar-refractivity contribution >= 4 is 23.2 Å². The molecule has 2 atom stereocenters. The second-order valence-electron chi connectivity index (χ2n) is 4.22. The minimum absolute atomic E-state index is 0.0201. The molecule has 1 aromatic heterocycles. The van der Waals surface area contributed by atoms with Crippen molar-refractivity contribution in [2.45, 2.75) is 19.9 Å². The standard InChI is InChI=1S/C12H15NO3S/c1-2-13(7-8-4-3-5-17-8)11(14)9-6-10(9)12(15)16/h3-5,9-10H,2,6-7H2,1H3,(H,15,16). The van der Waals surface area contributed by atoms with E-state index in [0.29, 0.717) is 19.5 Å². The van der Waals surface area contributed by atoms with Gasteiger partial charge in [-0.15, -0.1) is 11.3 Å². The Morgan fingerprint density at radius 1 is 1.53 bits per heavy atom. The molecule has 1 N–H and O–H groups in total. The van der Waals surface area contributed by atoms with Crippen LogP contribution in [-0.2, 0) is 16.1 Å². The largest absolute Gasteiger partial charge is 0.481 e. The predicted molar refractivity (Wildman–Crippen MR) is 64.6 cm³/mol. The summed E-state index contributed by atoms with van der Waals surface area (Å²) in [6.45, 7) is 3.14. The van der Waals surface area contributed by atoms with Crippen molar-refractivity contribution in [2.24, 2.45) is 11.8 Å². The summed E-state index contributed by atoms with van der Waals surface area (Å²) in [5.74, 6) is -1.63. The van der Waals surface area contributed by atoms with Gasteiger partial charge in [0, 0.05) is 11.4 Å². The van der Waals surface area contributed by atoms with E-state index >= 15 is 0 Å². The van der Waals surface area contributed by atoms with E-state index in [1.165, 1.54) is 0 Å². The quantitative estimate of drug-likeness (QED) is 0.870. The number of hydrogen-bond donors (Lipinski definition) is 1. The first kappa shape index (κ1) is 12.1. The molecule has 0 saturated heterocycles. The number of thiophene rings is 1. The van der Waals surface area contributed by atoms with Crippen molar-refractivity contribution in [1.82, 2.24) is 4.90 Å². The van der Waals surface area contributed by atoms with Gasteiger partial charge in [0.15, 0.2) is 0 Å². The topological polar surface area (TPSA) is 57.6 Å². The van der Waals surface area contributed by atoms with Crippen LogP contribution in [0.15, 0.2) is 17.5 Å². The average molecular weight is 253 g/mol. The fourth-order valence-electron chi connectivity index (χ4n) is 1.91. The zero-order chi connectivity index (χ0) is 12.4. The van der Waals surface area contributed by atoms with Gasteiger partial charge in [-0.05, 0) is 24.8 Å². The van der Waals surface area contributed by atoms with Crippen molar-refractivity contribution in [2.75, 3.05) is 6.54 Å². The molecule has 0 aromatic carbocycles. The number of carboxylic acid groups (broad SMARTS) is 1. The summed E-state index contributed by atoms with van der Waals surface area (Å²) in [4.78, 5) is 25.6. The maximum atomic E-state index is 12.0. The Balaban J connectivity index is 1.95. The van der Waals surface area contributed by atoms with Crippen LogP contribution in [0.3, 0.4) is 0 Å². The lowest BCUT2D eigenvalue weighted by atomic mass is 10.2. The van der Waals surface area contributed by atoms with Crippen LogP contribution in [0.2, 0.25) is 0 Å². The smallest absolute Gasteiger partial charge is 0.307 e. The van der Waals surface area contributed by atoms with E-state index < -0.39 is 11.9 Å². The second kappa shape index (κ2) is 4.87. The van der Waals surface area contributed by atoms with E-state index in [9.17, 15) is 9.59 Å². The third-order valence-electron chi connectivity index (χ3n) is 3.05. The Morgan fingerprint density at radius 2 is 2.29 bits per heavy atom. The minimum Gasteiger partial charge on any atom is -0.481 e. The number of carbonyl (C=O) groups excluding carboxylic acids is 1. The third kappa shape index (κ3) is 2.66. The molecular formula is C12H15NO3S. The molecule has 17 heavy (non-hydrogen) atoms. The summed E-state index contributed by atoms with van der Waals surface area (Å²) in [6, 6.07) is 3.94. The zero-order valence-electron chi connectivity index (χ0n) is 9.63. The number of nitrogens with zero attached hydrogens (tertiary/aromatic N) is 1. The molecule has 1 aliphatic carbocycles. The number of aliphatic carboxylic acids is 1. The van der Waals surface area contributed by atoms with E-state index in [2.05, 4.69) is 0 Å². The number of carboxylic acids is 1. The first-order valence-electron chi connectivity index (χ1n) is 5.67. The molecule has 0 radical (unpaired) electrons. The summed E-state index contributed by atoms with van der Waals surface area (Å²) in [5, 5.41) is 10.8. The van der Waals surface area contributed by atoms with Gasteiger partial charge in [0.25, 0.3) is 0 Å². The number of rotatable bonds is 5. The van der Waals surface area contributed by atoms with Gasteiger partial charge in [-0.1, -0.05) is 6.07 Å². The Kier molecular flexibility index (Phi) is 3.47. The van der Waals surface area contributed by atoms with E-state index in [4.69, 9.17) is 5.11 Å². The Labute approximate surface area is 104 Å². The summed E-state index contributed by atoms with van der Waals surface area (Å²) in [5.41, 5.74) is 0. The normalized spacial score (nSPS) is 22.2. The first-order chi connectivity index (χ1) is 8.13. The average Bonchev–Trinajstić information content (AvgIpc) is 2.96. The number of hydrogen-bond acceptors (Lipinski definition) is 3. The second-order valence-corrected chi connectivity index (χ2v) is 5.25. The van der Waals surface area contributed by atoms with Gasteiger partial charge in [-0.3, -0.25) is 9.59 Å². The molecule has 1 amide bonds. The van der Waals surface area contributed by atoms with E-state index in [1.807, 2.05) is 24.4 Å². The van der Waals surface area contributed by atoms with Crippen molar-refractivity contribution < 1.29 is 14.7 Å². The van der Waals surface area contributed by atoms with Crippen LogP contribution in [-0.4, -0.2) is 28.4 Å². The van der Waals surface area contributed by atoms with Crippen LogP contribution < -0.4 is 0 Å². The van der Waals surface area contributed by atoms with Crippen LogP contribution in [0.5, 0.6) is 0 Å². The molecule has 1 heterocycles. The van der Waals surface area contributed by atoms with Gasteiger partial charge in [-0.25, -0.2) is 0 Å². The lowest BCUT2D eigenvalue weighted by molar-refractivity contribution is -0.142. The zero-order valence-corrected chi connectivity index (χ0v) is 10.4. The molecular weight excluding hydrogens is 238 g/mol. The van der Waals surface area contributed by atoms with Crippen LogP contribution in [0.25, 0.3) is 0 Å². The van der Waals surface area contributed by atoms with Gasteiger partial charge in [0.1, 0.15) is 0 Å². The molecule has 0 aliphatic heterocycles. The third-order valence-corrected chi connectivity index (χ3v) is 3.91. The number of amides is 1. The summed E-state index contributed by atoms with van der Waals surface area (Å²) in [6.07, 6.45) is 0.495. The molecule has 4 nitrogen and oxygen atoms in total. The maximum Gasteiger partial charge on any atom is 0.307 e. The van der Waals surface area contributed by atoms with Gasteiger partial charge >= 0.3 is 5.97 Å². The molecule has 92 valence electrons. The SMILES string of the molecule is CCN(Cc1cccs1)C(=O)C1CC1C(=O)O. The highest BCUT2D eigenvalue weighted by atomic mass is 32.1. The highest BCUT2D eigenvalue weighted by molar-refractivity contribution is 7.09. The van der Waals surface area contributed by atoms with Gasteiger partial charge < -0.3 is 10.0 Å². The van der Waals surface area contributed by atoms with E-state index in [0.717, 1.165) is 4.88 Å². The minimum atomic E-state index is -0.851. The summed E-state index contributed by atoms with van der Waals surface area (Å²) in [7, 11) is 0. The molecule has 1 saturated carbocycles. The van der Waals surface area contributed by atoms with Crippen molar-refractivity contribution in [3.8, 4) is 0 Å². The van der Waals surface area contributed by atoms with Crippen LogP contribution in [0.4, 0.5) is 0 Å². The van der Waals surface area contributed by atoms with Crippen LogP contribution >= 0.6 is 11.3 Å². The van der Waals surface area contributed by atoms with Crippen LogP contribution in [0.1, 0.15) is 18.2 Å². The lowest BCUT2D eigenvalue weighted by Gasteiger charge is -2.20. The van der Waals surface area contributed by atoms with Crippen molar-refractivity contribution in [3.63, 3.8) is 0 Å². The molecule has 5 heteroatoms.